The van der Waals surface area contributed by atoms with Crippen molar-refractivity contribution in [3.8, 4) is 0 Å². The SMILES string of the molecule is Cc1nc2ccc(Cl)cn2c1C(=O)N1CCC[C@@H](c2ncc[nH]2)C1. The first kappa shape index (κ1) is 15.2. The Kier molecular flexibility index (Phi) is 3.76. The molecule has 3 aromatic heterocycles. The molecular weight excluding hydrogens is 326 g/mol. The number of amides is 1. The van der Waals surface area contributed by atoms with E-state index in [2.05, 4.69) is 15.0 Å². The highest BCUT2D eigenvalue weighted by Gasteiger charge is 2.29. The van der Waals surface area contributed by atoms with Crippen molar-refractivity contribution in [3.63, 3.8) is 0 Å². The number of carbonyl (C=O) groups excluding carboxylic acids is 1. The van der Waals surface area contributed by atoms with Crippen molar-refractivity contribution in [1.29, 1.82) is 0 Å². The Labute approximate surface area is 144 Å². The molecule has 0 aromatic carbocycles. The molecule has 1 amide bonds. The van der Waals surface area contributed by atoms with Crippen LogP contribution in [0.4, 0.5) is 0 Å². The maximum atomic E-state index is 13.1. The van der Waals surface area contributed by atoms with Crippen molar-refractivity contribution in [2.75, 3.05) is 13.1 Å². The second kappa shape index (κ2) is 5.94. The summed E-state index contributed by atoms with van der Waals surface area (Å²) in [5.41, 5.74) is 2.05. The minimum absolute atomic E-state index is 0.00137. The van der Waals surface area contributed by atoms with E-state index in [0.717, 1.165) is 36.6 Å². The molecule has 4 heterocycles. The summed E-state index contributed by atoms with van der Waals surface area (Å²) < 4.78 is 1.79. The second-order valence-electron chi connectivity index (χ2n) is 6.19. The molecule has 7 heteroatoms. The van der Waals surface area contributed by atoms with Gasteiger partial charge >= 0.3 is 0 Å². The van der Waals surface area contributed by atoms with E-state index in [9.17, 15) is 4.79 Å². The molecule has 0 bridgehead atoms. The molecule has 0 saturated carbocycles. The van der Waals surface area contributed by atoms with E-state index in [1.807, 2.05) is 24.1 Å². The van der Waals surface area contributed by atoms with E-state index in [-0.39, 0.29) is 11.8 Å². The molecular formula is C17H18ClN5O. The van der Waals surface area contributed by atoms with Gasteiger partial charge in [0, 0.05) is 37.6 Å². The molecule has 3 aromatic rings. The number of H-pyrrole nitrogens is 1. The number of likely N-dealkylation sites (tertiary alicyclic amines) is 1. The van der Waals surface area contributed by atoms with Gasteiger partial charge in [0.05, 0.1) is 10.7 Å². The van der Waals surface area contributed by atoms with Gasteiger partial charge in [-0.2, -0.15) is 0 Å². The predicted octanol–water partition coefficient (Wildman–Crippen LogP) is 3.04. The van der Waals surface area contributed by atoms with Gasteiger partial charge in [0.1, 0.15) is 17.2 Å². The van der Waals surface area contributed by atoms with Crippen LogP contribution in [0, 0.1) is 6.92 Å². The average molecular weight is 344 g/mol. The Morgan fingerprint density at radius 2 is 2.29 bits per heavy atom. The lowest BCUT2D eigenvalue weighted by Gasteiger charge is -2.31. The number of nitrogens with one attached hydrogen (secondary N) is 1. The highest BCUT2D eigenvalue weighted by Crippen LogP contribution is 2.26. The molecule has 1 saturated heterocycles. The molecule has 1 atom stereocenters. The van der Waals surface area contributed by atoms with Crippen molar-refractivity contribution in [2.45, 2.75) is 25.7 Å². The van der Waals surface area contributed by atoms with Gasteiger partial charge in [-0.3, -0.25) is 9.20 Å². The van der Waals surface area contributed by atoms with E-state index in [1.165, 1.54) is 0 Å². The van der Waals surface area contributed by atoms with Crippen LogP contribution in [0.3, 0.4) is 0 Å². The zero-order valence-corrected chi connectivity index (χ0v) is 14.1. The second-order valence-corrected chi connectivity index (χ2v) is 6.62. The van der Waals surface area contributed by atoms with Crippen LogP contribution in [0.25, 0.3) is 5.65 Å². The largest absolute Gasteiger partial charge is 0.348 e. The van der Waals surface area contributed by atoms with Crippen molar-refractivity contribution in [1.82, 2.24) is 24.3 Å². The number of hydrogen-bond acceptors (Lipinski definition) is 3. The zero-order valence-electron chi connectivity index (χ0n) is 13.4. The van der Waals surface area contributed by atoms with E-state index in [0.29, 0.717) is 17.3 Å². The van der Waals surface area contributed by atoms with Crippen LogP contribution in [0.15, 0.2) is 30.7 Å². The summed E-state index contributed by atoms with van der Waals surface area (Å²) in [7, 11) is 0. The molecule has 24 heavy (non-hydrogen) atoms. The Bertz CT molecular complexity index is 886. The number of piperidine rings is 1. The highest BCUT2D eigenvalue weighted by atomic mass is 35.5. The van der Waals surface area contributed by atoms with Gasteiger partial charge < -0.3 is 9.88 Å². The lowest BCUT2D eigenvalue weighted by molar-refractivity contribution is 0.0697. The summed E-state index contributed by atoms with van der Waals surface area (Å²) in [4.78, 5) is 27.0. The molecule has 1 fully saturated rings. The molecule has 1 N–H and O–H groups in total. The van der Waals surface area contributed by atoms with Gasteiger partial charge in [-0.1, -0.05) is 11.6 Å². The number of pyridine rings is 1. The first-order chi connectivity index (χ1) is 11.6. The van der Waals surface area contributed by atoms with Gasteiger partial charge in [0.25, 0.3) is 5.91 Å². The van der Waals surface area contributed by atoms with Crippen molar-refractivity contribution >= 4 is 23.2 Å². The molecule has 6 nitrogen and oxygen atoms in total. The molecule has 1 aliphatic heterocycles. The van der Waals surface area contributed by atoms with Crippen LogP contribution in [0.5, 0.6) is 0 Å². The van der Waals surface area contributed by atoms with Crippen LogP contribution < -0.4 is 0 Å². The van der Waals surface area contributed by atoms with Crippen LogP contribution in [0.1, 0.15) is 40.8 Å². The van der Waals surface area contributed by atoms with Crippen LogP contribution >= 0.6 is 11.6 Å². The highest BCUT2D eigenvalue weighted by molar-refractivity contribution is 6.30. The van der Waals surface area contributed by atoms with Crippen molar-refractivity contribution in [2.24, 2.45) is 0 Å². The summed E-state index contributed by atoms with van der Waals surface area (Å²) in [5.74, 6) is 1.20. The fraction of sp³-hybridized carbons (Fsp3) is 0.353. The molecule has 4 rings (SSSR count). The Morgan fingerprint density at radius 3 is 3.08 bits per heavy atom. The van der Waals surface area contributed by atoms with Gasteiger partial charge in [-0.05, 0) is 31.9 Å². The number of aromatic amines is 1. The van der Waals surface area contributed by atoms with Crippen molar-refractivity contribution in [3.05, 3.63) is 53.0 Å². The lowest BCUT2D eigenvalue weighted by Crippen LogP contribution is -2.40. The van der Waals surface area contributed by atoms with Crippen LogP contribution in [-0.4, -0.2) is 43.2 Å². The number of hydrogen-bond donors (Lipinski definition) is 1. The molecule has 0 unspecified atom stereocenters. The molecule has 1 aliphatic rings. The summed E-state index contributed by atoms with van der Waals surface area (Å²) in [6.07, 6.45) is 7.33. The topological polar surface area (TPSA) is 66.3 Å². The fourth-order valence-corrected chi connectivity index (χ4v) is 3.59. The van der Waals surface area contributed by atoms with Crippen molar-refractivity contribution < 1.29 is 4.79 Å². The Balaban J connectivity index is 1.66. The van der Waals surface area contributed by atoms with Gasteiger partial charge in [0.2, 0.25) is 0 Å². The first-order valence-electron chi connectivity index (χ1n) is 8.06. The molecule has 124 valence electrons. The number of aryl methyl sites for hydroxylation is 1. The Hall–Kier alpha value is -2.34. The summed E-state index contributed by atoms with van der Waals surface area (Å²) in [6.45, 7) is 3.28. The fourth-order valence-electron chi connectivity index (χ4n) is 3.43. The number of nitrogens with zero attached hydrogens (tertiary/aromatic N) is 4. The predicted molar refractivity (Wildman–Crippen MR) is 91.4 cm³/mol. The average Bonchev–Trinajstić information content (AvgIpc) is 3.21. The summed E-state index contributed by atoms with van der Waals surface area (Å²) >= 11 is 6.10. The van der Waals surface area contributed by atoms with E-state index in [4.69, 9.17) is 11.6 Å². The third-order valence-corrected chi connectivity index (χ3v) is 4.80. The standard InChI is InChI=1S/C17H18ClN5O/c1-11-15(23-10-13(18)4-5-14(23)21-11)17(24)22-8-2-3-12(9-22)16-19-6-7-20-16/h4-7,10,12H,2-3,8-9H2,1H3,(H,19,20)/t12-/m1/s1. The monoisotopic (exact) mass is 343 g/mol. The maximum Gasteiger partial charge on any atom is 0.272 e. The third kappa shape index (κ3) is 2.57. The van der Waals surface area contributed by atoms with Crippen LogP contribution in [0.2, 0.25) is 5.02 Å². The molecule has 0 aliphatic carbocycles. The first-order valence-corrected chi connectivity index (χ1v) is 8.44. The summed E-state index contributed by atoms with van der Waals surface area (Å²) in [6, 6.07) is 3.61. The number of aromatic nitrogens is 4. The maximum absolute atomic E-state index is 13.1. The van der Waals surface area contributed by atoms with Crippen LogP contribution in [-0.2, 0) is 0 Å². The minimum Gasteiger partial charge on any atom is -0.348 e. The quantitative estimate of drug-likeness (QED) is 0.777. The normalized spacial score (nSPS) is 18.2. The minimum atomic E-state index is -0.00137. The number of imidazole rings is 2. The Morgan fingerprint density at radius 1 is 1.42 bits per heavy atom. The summed E-state index contributed by atoms with van der Waals surface area (Å²) in [5, 5.41) is 0.584. The van der Waals surface area contributed by atoms with Gasteiger partial charge in [-0.15, -0.1) is 0 Å². The smallest absolute Gasteiger partial charge is 0.272 e. The third-order valence-electron chi connectivity index (χ3n) is 4.57. The van der Waals surface area contributed by atoms with E-state index < -0.39 is 0 Å². The van der Waals surface area contributed by atoms with E-state index >= 15 is 0 Å². The number of halogens is 1. The number of rotatable bonds is 2. The zero-order chi connectivity index (χ0) is 16.7. The lowest BCUT2D eigenvalue weighted by atomic mass is 9.97. The molecule has 0 spiro atoms. The van der Waals surface area contributed by atoms with Gasteiger partial charge in [0.15, 0.2) is 0 Å². The van der Waals surface area contributed by atoms with Gasteiger partial charge in [-0.25, -0.2) is 9.97 Å². The van der Waals surface area contributed by atoms with E-state index in [1.54, 1.807) is 22.9 Å². The number of fused-ring (bicyclic) bond motifs is 1. The molecule has 0 radical (unpaired) electrons. The number of carbonyl (C=O) groups is 1.